The van der Waals surface area contributed by atoms with Gasteiger partial charge in [-0.1, -0.05) is 30.3 Å². The molecule has 0 N–H and O–H groups in total. The highest BCUT2D eigenvalue weighted by atomic mass is 16.5. The van der Waals surface area contributed by atoms with Gasteiger partial charge in [0.05, 0.1) is 19.4 Å². The van der Waals surface area contributed by atoms with Crippen molar-refractivity contribution in [1.82, 2.24) is 14.7 Å². The van der Waals surface area contributed by atoms with E-state index in [-0.39, 0.29) is 11.8 Å². The van der Waals surface area contributed by atoms with Crippen molar-refractivity contribution in [3.8, 4) is 0 Å². The zero-order valence-corrected chi connectivity index (χ0v) is 13.7. The lowest BCUT2D eigenvalue weighted by atomic mass is 10.0. The van der Waals surface area contributed by atoms with Gasteiger partial charge >= 0.3 is 0 Å². The molecule has 5 nitrogen and oxygen atoms in total. The molecule has 122 valence electrons. The fraction of sp³-hybridized carbons (Fsp3) is 0.444. The number of hydrogen-bond donors (Lipinski definition) is 0. The molecular weight excluding hydrogens is 290 g/mol. The standard InChI is InChI=1S/C18H23N3O2/c1-14-16(11-19-20(14)2)12-21-8-9-23-13-17(21)10-18(22)15-6-4-3-5-7-15/h3-7,11,17H,8-10,12-13H2,1-2H3. The Hall–Kier alpha value is -1.98. The molecule has 0 amide bonds. The Morgan fingerprint density at radius 2 is 2.13 bits per heavy atom. The Morgan fingerprint density at radius 1 is 1.35 bits per heavy atom. The summed E-state index contributed by atoms with van der Waals surface area (Å²) in [4.78, 5) is 14.8. The minimum atomic E-state index is 0.121. The molecule has 2 heterocycles. The molecule has 1 aliphatic heterocycles. The first-order valence-electron chi connectivity index (χ1n) is 8.02. The fourth-order valence-corrected chi connectivity index (χ4v) is 2.96. The van der Waals surface area contributed by atoms with Crippen molar-refractivity contribution in [3.63, 3.8) is 0 Å². The Bertz CT molecular complexity index is 666. The maximum atomic E-state index is 12.5. The van der Waals surface area contributed by atoms with Crippen LogP contribution in [0.15, 0.2) is 36.5 Å². The smallest absolute Gasteiger partial charge is 0.164 e. The van der Waals surface area contributed by atoms with E-state index in [0.29, 0.717) is 13.0 Å². The quantitative estimate of drug-likeness (QED) is 0.794. The number of carbonyl (C=O) groups excluding carboxylic acids is 1. The number of aromatic nitrogens is 2. The van der Waals surface area contributed by atoms with Crippen LogP contribution in [0.5, 0.6) is 0 Å². The van der Waals surface area contributed by atoms with Gasteiger partial charge in [-0.15, -0.1) is 0 Å². The second kappa shape index (κ2) is 7.06. The average Bonchev–Trinajstić information content (AvgIpc) is 2.89. The van der Waals surface area contributed by atoms with Gasteiger partial charge in [-0.05, 0) is 6.92 Å². The molecule has 3 rings (SSSR count). The number of morpholine rings is 1. The summed E-state index contributed by atoms with van der Waals surface area (Å²) in [5.74, 6) is 0.175. The molecule has 1 aromatic heterocycles. The fourth-order valence-electron chi connectivity index (χ4n) is 2.96. The van der Waals surface area contributed by atoms with Gasteiger partial charge in [-0.25, -0.2) is 0 Å². The van der Waals surface area contributed by atoms with Crippen LogP contribution < -0.4 is 0 Å². The predicted octanol–water partition coefficient (Wildman–Crippen LogP) is 2.20. The van der Waals surface area contributed by atoms with Crippen molar-refractivity contribution in [2.24, 2.45) is 7.05 Å². The largest absolute Gasteiger partial charge is 0.378 e. The number of rotatable bonds is 5. The summed E-state index contributed by atoms with van der Waals surface area (Å²) in [5, 5.41) is 4.31. The van der Waals surface area contributed by atoms with Crippen LogP contribution in [-0.2, 0) is 18.3 Å². The van der Waals surface area contributed by atoms with Gasteiger partial charge in [0.25, 0.3) is 0 Å². The van der Waals surface area contributed by atoms with E-state index in [1.807, 2.05) is 48.3 Å². The van der Waals surface area contributed by atoms with Crippen molar-refractivity contribution in [2.75, 3.05) is 19.8 Å². The van der Waals surface area contributed by atoms with Crippen molar-refractivity contribution in [3.05, 3.63) is 53.3 Å². The molecule has 5 heteroatoms. The van der Waals surface area contributed by atoms with Gasteiger partial charge in [-0.3, -0.25) is 14.4 Å². The van der Waals surface area contributed by atoms with E-state index in [1.54, 1.807) is 0 Å². The minimum absolute atomic E-state index is 0.121. The zero-order valence-electron chi connectivity index (χ0n) is 13.7. The van der Waals surface area contributed by atoms with Crippen LogP contribution in [0.25, 0.3) is 0 Å². The summed E-state index contributed by atoms with van der Waals surface area (Å²) in [6, 6.07) is 9.61. The van der Waals surface area contributed by atoms with Gasteiger partial charge in [0.2, 0.25) is 0 Å². The summed E-state index contributed by atoms with van der Waals surface area (Å²) in [6.07, 6.45) is 2.41. The van der Waals surface area contributed by atoms with E-state index in [1.165, 1.54) is 11.3 Å². The van der Waals surface area contributed by atoms with Crippen LogP contribution in [0.1, 0.15) is 28.0 Å². The first-order valence-corrected chi connectivity index (χ1v) is 8.02. The number of hydrogen-bond acceptors (Lipinski definition) is 4. The molecule has 0 radical (unpaired) electrons. The maximum Gasteiger partial charge on any atom is 0.164 e. The van der Waals surface area contributed by atoms with Gasteiger partial charge < -0.3 is 4.74 Å². The Kier molecular flexibility index (Phi) is 4.88. The molecule has 0 spiro atoms. The highest BCUT2D eigenvalue weighted by molar-refractivity contribution is 5.96. The summed E-state index contributed by atoms with van der Waals surface area (Å²) in [5.41, 5.74) is 3.16. The number of nitrogens with zero attached hydrogens (tertiary/aromatic N) is 3. The molecule has 1 atom stereocenters. The van der Waals surface area contributed by atoms with E-state index in [4.69, 9.17) is 4.74 Å². The molecule has 0 aliphatic carbocycles. The van der Waals surface area contributed by atoms with Crippen LogP contribution >= 0.6 is 0 Å². The van der Waals surface area contributed by atoms with E-state index < -0.39 is 0 Å². The molecular formula is C18H23N3O2. The van der Waals surface area contributed by atoms with Gasteiger partial charge in [0.15, 0.2) is 5.78 Å². The molecule has 1 saturated heterocycles. The highest BCUT2D eigenvalue weighted by Crippen LogP contribution is 2.18. The monoisotopic (exact) mass is 313 g/mol. The number of benzene rings is 1. The second-order valence-electron chi connectivity index (χ2n) is 6.07. The van der Waals surface area contributed by atoms with E-state index in [2.05, 4.69) is 16.9 Å². The number of ether oxygens (including phenoxy) is 1. The number of Topliss-reactive ketones (excluding diaryl/α,β-unsaturated/α-hetero) is 1. The van der Waals surface area contributed by atoms with Crippen LogP contribution in [0.2, 0.25) is 0 Å². The minimum Gasteiger partial charge on any atom is -0.378 e. The average molecular weight is 313 g/mol. The molecule has 0 bridgehead atoms. The van der Waals surface area contributed by atoms with Crippen LogP contribution in [-0.4, -0.2) is 46.3 Å². The normalized spacial score (nSPS) is 19.0. The number of aryl methyl sites for hydroxylation is 1. The summed E-state index contributed by atoms with van der Waals surface area (Å²) < 4.78 is 7.50. The van der Waals surface area contributed by atoms with Crippen molar-refractivity contribution in [2.45, 2.75) is 25.9 Å². The molecule has 1 unspecified atom stereocenters. The lowest BCUT2D eigenvalue weighted by Crippen LogP contribution is -2.45. The topological polar surface area (TPSA) is 47.4 Å². The number of carbonyl (C=O) groups is 1. The Labute approximate surface area is 136 Å². The van der Waals surface area contributed by atoms with Gasteiger partial charge in [-0.2, -0.15) is 5.10 Å². The maximum absolute atomic E-state index is 12.5. The lowest BCUT2D eigenvalue weighted by Gasteiger charge is -2.35. The summed E-state index contributed by atoms with van der Waals surface area (Å²) in [6.45, 7) is 5.07. The second-order valence-corrected chi connectivity index (χ2v) is 6.07. The van der Waals surface area contributed by atoms with Crippen molar-refractivity contribution >= 4 is 5.78 Å². The SMILES string of the molecule is Cc1c(CN2CCOCC2CC(=O)c2ccccc2)cnn1C. The van der Waals surface area contributed by atoms with Gasteiger partial charge in [0.1, 0.15) is 0 Å². The Balaban J connectivity index is 1.69. The van der Waals surface area contributed by atoms with E-state index in [9.17, 15) is 4.79 Å². The molecule has 1 fully saturated rings. The summed E-state index contributed by atoms with van der Waals surface area (Å²) in [7, 11) is 1.95. The highest BCUT2D eigenvalue weighted by Gasteiger charge is 2.26. The van der Waals surface area contributed by atoms with E-state index in [0.717, 1.165) is 25.3 Å². The predicted molar refractivity (Wildman–Crippen MR) is 88.4 cm³/mol. The van der Waals surface area contributed by atoms with Crippen molar-refractivity contribution < 1.29 is 9.53 Å². The molecule has 1 aromatic carbocycles. The third kappa shape index (κ3) is 3.68. The lowest BCUT2D eigenvalue weighted by molar-refractivity contribution is -0.0126. The van der Waals surface area contributed by atoms with Crippen LogP contribution in [0.3, 0.4) is 0 Å². The summed E-state index contributed by atoms with van der Waals surface area (Å²) >= 11 is 0. The molecule has 23 heavy (non-hydrogen) atoms. The molecule has 0 saturated carbocycles. The van der Waals surface area contributed by atoms with Crippen molar-refractivity contribution in [1.29, 1.82) is 0 Å². The van der Waals surface area contributed by atoms with E-state index >= 15 is 0 Å². The van der Waals surface area contributed by atoms with Crippen LogP contribution in [0.4, 0.5) is 0 Å². The van der Waals surface area contributed by atoms with Crippen LogP contribution in [0, 0.1) is 6.92 Å². The third-order valence-electron chi connectivity index (χ3n) is 4.58. The van der Waals surface area contributed by atoms with Gasteiger partial charge in [0, 0.05) is 49.4 Å². The first-order chi connectivity index (χ1) is 11.1. The zero-order chi connectivity index (χ0) is 16.2. The molecule has 2 aromatic rings. The number of ketones is 1. The third-order valence-corrected chi connectivity index (χ3v) is 4.58. The molecule has 1 aliphatic rings. The Morgan fingerprint density at radius 3 is 2.83 bits per heavy atom. The first kappa shape index (κ1) is 15.9.